The van der Waals surface area contributed by atoms with Crippen molar-refractivity contribution in [1.82, 2.24) is 10.1 Å². The zero-order chi connectivity index (χ0) is 13.9. The van der Waals surface area contributed by atoms with Crippen molar-refractivity contribution in [2.24, 2.45) is 11.1 Å². The van der Waals surface area contributed by atoms with Gasteiger partial charge in [-0.2, -0.15) is 0 Å². The van der Waals surface area contributed by atoms with Gasteiger partial charge >= 0.3 is 0 Å². The van der Waals surface area contributed by atoms with Gasteiger partial charge in [-0.25, -0.2) is 0 Å². The molecule has 1 amide bonds. The number of rotatable bonds is 5. The predicted molar refractivity (Wildman–Crippen MR) is 80.0 cm³/mol. The number of aromatic nitrogens is 1. The summed E-state index contributed by atoms with van der Waals surface area (Å²) >= 11 is 0. The molecule has 20 heavy (non-hydrogen) atoms. The third kappa shape index (κ3) is 4.47. The maximum absolute atomic E-state index is 11.8. The van der Waals surface area contributed by atoms with E-state index in [1.54, 1.807) is 13.0 Å². The molecule has 0 aromatic carbocycles. The highest BCUT2D eigenvalue weighted by molar-refractivity contribution is 5.89. The van der Waals surface area contributed by atoms with E-state index in [0.717, 1.165) is 26.1 Å². The second kappa shape index (κ2) is 7.06. The second-order valence-electron chi connectivity index (χ2n) is 5.66. The van der Waals surface area contributed by atoms with E-state index in [1.807, 2.05) is 0 Å². The number of likely N-dealkylation sites (tertiary alicyclic amines) is 1. The van der Waals surface area contributed by atoms with Gasteiger partial charge in [-0.1, -0.05) is 12.1 Å². The Hall–Kier alpha value is -1.11. The van der Waals surface area contributed by atoms with E-state index < -0.39 is 0 Å². The van der Waals surface area contributed by atoms with Gasteiger partial charge in [0.15, 0.2) is 5.82 Å². The van der Waals surface area contributed by atoms with Crippen LogP contribution in [0.4, 0.5) is 5.82 Å². The Morgan fingerprint density at radius 3 is 2.95 bits per heavy atom. The van der Waals surface area contributed by atoms with Crippen molar-refractivity contribution in [3.8, 4) is 0 Å². The minimum absolute atomic E-state index is 0. The van der Waals surface area contributed by atoms with Gasteiger partial charge in [0.25, 0.3) is 0 Å². The van der Waals surface area contributed by atoms with Crippen molar-refractivity contribution in [3.05, 3.63) is 11.8 Å². The number of nitrogens with zero attached hydrogens (tertiary/aromatic N) is 2. The normalized spacial score (nSPS) is 22.6. The summed E-state index contributed by atoms with van der Waals surface area (Å²) in [4.78, 5) is 14.1. The lowest BCUT2D eigenvalue weighted by molar-refractivity contribution is -0.116. The molecular formula is C13H23ClN4O2. The first-order valence-corrected chi connectivity index (χ1v) is 6.66. The molecular weight excluding hydrogens is 280 g/mol. The molecule has 0 bridgehead atoms. The van der Waals surface area contributed by atoms with E-state index in [-0.39, 0.29) is 23.7 Å². The quantitative estimate of drug-likeness (QED) is 0.859. The van der Waals surface area contributed by atoms with E-state index >= 15 is 0 Å². The van der Waals surface area contributed by atoms with Gasteiger partial charge in [-0.15, -0.1) is 12.4 Å². The molecule has 1 unspecified atom stereocenters. The fourth-order valence-electron chi connectivity index (χ4n) is 2.37. The minimum atomic E-state index is -0.0327. The number of halogens is 1. The molecule has 6 nitrogen and oxygen atoms in total. The molecule has 114 valence electrons. The summed E-state index contributed by atoms with van der Waals surface area (Å²) in [7, 11) is 0. The summed E-state index contributed by atoms with van der Waals surface area (Å²) in [6.45, 7) is 7.45. The number of anilines is 1. The number of carbonyl (C=O) groups is 1. The Morgan fingerprint density at radius 1 is 1.65 bits per heavy atom. The lowest BCUT2D eigenvalue weighted by Crippen LogP contribution is -2.32. The van der Waals surface area contributed by atoms with E-state index in [0.29, 0.717) is 24.5 Å². The smallest absolute Gasteiger partial charge is 0.226 e. The Morgan fingerprint density at radius 2 is 2.40 bits per heavy atom. The predicted octanol–water partition coefficient (Wildman–Crippen LogP) is 1.40. The molecule has 1 saturated heterocycles. The molecule has 1 aromatic heterocycles. The van der Waals surface area contributed by atoms with Crippen LogP contribution in [0.1, 0.15) is 25.5 Å². The Labute approximate surface area is 125 Å². The van der Waals surface area contributed by atoms with Crippen LogP contribution in [0.15, 0.2) is 10.6 Å². The van der Waals surface area contributed by atoms with Crippen LogP contribution in [0.25, 0.3) is 0 Å². The van der Waals surface area contributed by atoms with Gasteiger partial charge in [0.2, 0.25) is 5.91 Å². The minimum Gasteiger partial charge on any atom is -0.360 e. The molecule has 1 atom stereocenters. The van der Waals surface area contributed by atoms with E-state index in [2.05, 4.69) is 22.3 Å². The number of aryl methyl sites for hydroxylation is 1. The number of hydrogen-bond donors (Lipinski definition) is 2. The monoisotopic (exact) mass is 302 g/mol. The average molecular weight is 303 g/mol. The third-order valence-electron chi connectivity index (χ3n) is 3.68. The van der Waals surface area contributed by atoms with Crippen molar-refractivity contribution in [2.45, 2.75) is 26.7 Å². The maximum atomic E-state index is 11.8. The number of nitrogens with two attached hydrogens (primary N) is 1. The SMILES string of the molecule is Cc1cc(NC(=O)CCN2CCC(C)(CN)C2)no1.Cl. The highest BCUT2D eigenvalue weighted by atomic mass is 35.5. The summed E-state index contributed by atoms with van der Waals surface area (Å²) in [6, 6.07) is 1.71. The molecule has 0 saturated carbocycles. The number of carbonyl (C=O) groups excluding carboxylic acids is 1. The maximum Gasteiger partial charge on any atom is 0.226 e. The molecule has 3 N–H and O–H groups in total. The van der Waals surface area contributed by atoms with Crippen molar-refractivity contribution in [3.63, 3.8) is 0 Å². The Balaban J connectivity index is 0.00000200. The summed E-state index contributed by atoms with van der Waals surface area (Å²) in [5.41, 5.74) is 5.97. The molecule has 1 aliphatic rings. The summed E-state index contributed by atoms with van der Waals surface area (Å²) in [5, 5.41) is 6.46. The largest absolute Gasteiger partial charge is 0.360 e. The van der Waals surface area contributed by atoms with Crippen LogP contribution >= 0.6 is 12.4 Å². The van der Waals surface area contributed by atoms with Crippen LogP contribution in [0.3, 0.4) is 0 Å². The van der Waals surface area contributed by atoms with Crippen LogP contribution in [0.5, 0.6) is 0 Å². The number of hydrogen-bond acceptors (Lipinski definition) is 5. The van der Waals surface area contributed by atoms with Crippen LogP contribution in [-0.2, 0) is 4.79 Å². The van der Waals surface area contributed by atoms with Crippen LogP contribution in [0, 0.1) is 12.3 Å². The zero-order valence-corrected chi connectivity index (χ0v) is 12.8. The fourth-order valence-corrected chi connectivity index (χ4v) is 2.37. The highest BCUT2D eigenvalue weighted by Gasteiger charge is 2.32. The molecule has 2 heterocycles. The van der Waals surface area contributed by atoms with Crippen LogP contribution in [0.2, 0.25) is 0 Å². The van der Waals surface area contributed by atoms with E-state index in [9.17, 15) is 4.79 Å². The van der Waals surface area contributed by atoms with Gasteiger partial charge in [-0.3, -0.25) is 4.79 Å². The van der Waals surface area contributed by atoms with E-state index in [4.69, 9.17) is 10.3 Å². The highest BCUT2D eigenvalue weighted by Crippen LogP contribution is 2.28. The summed E-state index contributed by atoms with van der Waals surface area (Å²) < 4.78 is 4.90. The van der Waals surface area contributed by atoms with Crippen LogP contribution < -0.4 is 11.1 Å². The molecule has 1 aliphatic heterocycles. The Kier molecular flexibility index (Phi) is 5.98. The first-order valence-electron chi connectivity index (χ1n) is 6.66. The number of amides is 1. The van der Waals surface area contributed by atoms with Gasteiger partial charge in [-0.05, 0) is 31.8 Å². The molecule has 0 aliphatic carbocycles. The topological polar surface area (TPSA) is 84.4 Å². The molecule has 0 spiro atoms. The van der Waals surface area contributed by atoms with Gasteiger partial charge in [0.05, 0.1) is 0 Å². The van der Waals surface area contributed by atoms with Gasteiger partial charge in [0, 0.05) is 25.6 Å². The second-order valence-corrected chi connectivity index (χ2v) is 5.66. The first-order chi connectivity index (χ1) is 9.00. The average Bonchev–Trinajstić information content (AvgIpc) is 2.94. The lowest BCUT2D eigenvalue weighted by atomic mass is 9.90. The van der Waals surface area contributed by atoms with Crippen molar-refractivity contribution in [2.75, 3.05) is 31.5 Å². The molecule has 2 rings (SSSR count). The number of nitrogens with one attached hydrogen (secondary N) is 1. The Bertz CT molecular complexity index is 451. The third-order valence-corrected chi connectivity index (χ3v) is 3.68. The van der Waals surface area contributed by atoms with Crippen molar-refractivity contribution >= 4 is 24.1 Å². The first kappa shape index (κ1) is 16.9. The fraction of sp³-hybridized carbons (Fsp3) is 0.692. The zero-order valence-electron chi connectivity index (χ0n) is 12.0. The van der Waals surface area contributed by atoms with Gasteiger partial charge < -0.3 is 20.5 Å². The van der Waals surface area contributed by atoms with Crippen LogP contribution in [-0.4, -0.2) is 42.1 Å². The van der Waals surface area contributed by atoms with Crippen molar-refractivity contribution in [1.29, 1.82) is 0 Å². The lowest BCUT2D eigenvalue weighted by Gasteiger charge is -2.22. The summed E-state index contributed by atoms with van der Waals surface area (Å²) in [5.74, 6) is 1.14. The molecule has 1 fully saturated rings. The molecule has 7 heteroatoms. The molecule has 1 aromatic rings. The van der Waals surface area contributed by atoms with E-state index in [1.165, 1.54) is 0 Å². The molecule has 0 radical (unpaired) electrons. The standard InChI is InChI=1S/C13H22N4O2.ClH/c1-10-7-11(16-19-10)15-12(18)3-5-17-6-4-13(2,8-14)9-17;/h7H,3-6,8-9,14H2,1-2H3,(H,15,16,18);1H. The summed E-state index contributed by atoms with van der Waals surface area (Å²) in [6.07, 6.45) is 1.57. The van der Waals surface area contributed by atoms with Crippen molar-refractivity contribution < 1.29 is 9.32 Å². The van der Waals surface area contributed by atoms with Gasteiger partial charge in [0.1, 0.15) is 5.76 Å².